The summed E-state index contributed by atoms with van der Waals surface area (Å²) in [5.41, 5.74) is 5.29. The fraction of sp³-hybridized carbons (Fsp3) is 0.714. The van der Waals surface area contributed by atoms with Crippen molar-refractivity contribution in [1.29, 1.82) is 5.26 Å². The Morgan fingerprint density at radius 2 is 2.42 bits per heavy atom. The average molecular weight is 171 g/mol. The number of nitrogens with zero attached hydrogens (tertiary/aromatic N) is 1. The second-order valence-corrected chi connectivity index (χ2v) is 2.43. The fourth-order valence-corrected chi connectivity index (χ4v) is 0.851. The Hall–Kier alpha value is -1.28. The summed E-state index contributed by atoms with van der Waals surface area (Å²) in [4.78, 5) is 10.2. The van der Waals surface area contributed by atoms with E-state index >= 15 is 0 Å². The molecule has 0 spiro atoms. The summed E-state index contributed by atoms with van der Waals surface area (Å²) in [6.45, 7) is 0.276. The zero-order valence-corrected chi connectivity index (χ0v) is 6.79. The molecule has 0 saturated heterocycles. The molecule has 0 aliphatic carbocycles. The van der Waals surface area contributed by atoms with Crippen LogP contribution in [0, 0.1) is 11.3 Å². The zero-order valence-electron chi connectivity index (χ0n) is 6.79. The lowest BCUT2D eigenvalue weighted by molar-refractivity contribution is 0.189. The molecule has 0 aromatic carbocycles. The Morgan fingerprint density at radius 3 is 2.83 bits per heavy atom. The SMILES string of the molecule is N#CCCCC(CN)NC(=O)O. The van der Waals surface area contributed by atoms with Crippen LogP contribution in [0.3, 0.4) is 0 Å². The molecule has 0 aliphatic heterocycles. The number of nitrogens with one attached hydrogen (secondary N) is 1. The van der Waals surface area contributed by atoms with Gasteiger partial charge in [-0.15, -0.1) is 0 Å². The van der Waals surface area contributed by atoms with E-state index in [4.69, 9.17) is 16.1 Å². The zero-order chi connectivity index (χ0) is 9.40. The number of rotatable bonds is 5. The van der Waals surface area contributed by atoms with Crippen molar-refractivity contribution in [3.8, 4) is 6.07 Å². The van der Waals surface area contributed by atoms with Crippen LogP contribution >= 0.6 is 0 Å². The lowest BCUT2D eigenvalue weighted by Crippen LogP contribution is -2.39. The van der Waals surface area contributed by atoms with Gasteiger partial charge >= 0.3 is 6.09 Å². The monoisotopic (exact) mass is 171 g/mol. The van der Waals surface area contributed by atoms with Crippen LogP contribution < -0.4 is 11.1 Å². The highest BCUT2D eigenvalue weighted by molar-refractivity contribution is 5.64. The highest BCUT2D eigenvalue weighted by Crippen LogP contribution is 1.98. The molecule has 12 heavy (non-hydrogen) atoms. The summed E-state index contributed by atoms with van der Waals surface area (Å²) >= 11 is 0. The highest BCUT2D eigenvalue weighted by Gasteiger charge is 2.07. The van der Waals surface area contributed by atoms with Gasteiger partial charge in [0.2, 0.25) is 0 Å². The summed E-state index contributed by atoms with van der Waals surface area (Å²) in [6.07, 6.45) is 0.676. The molecule has 0 heterocycles. The summed E-state index contributed by atoms with van der Waals surface area (Å²) < 4.78 is 0. The molecule has 0 fully saturated rings. The summed E-state index contributed by atoms with van der Waals surface area (Å²) in [5, 5.41) is 18.8. The van der Waals surface area contributed by atoms with Crippen molar-refractivity contribution in [1.82, 2.24) is 5.32 Å². The number of hydrogen-bond acceptors (Lipinski definition) is 3. The van der Waals surface area contributed by atoms with Crippen molar-refractivity contribution >= 4 is 6.09 Å². The van der Waals surface area contributed by atoms with E-state index in [-0.39, 0.29) is 12.6 Å². The van der Waals surface area contributed by atoms with Gasteiger partial charge in [-0.3, -0.25) is 0 Å². The quantitative estimate of drug-likeness (QED) is 0.517. The fourth-order valence-electron chi connectivity index (χ4n) is 0.851. The van der Waals surface area contributed by atoms with Crippen LogP contribution in [-0.2, 0) is 0 Å². The second kappa shape index (κ2) is 6.43. The number of carbonyl (C=O) groups is 1. The van der Waals surface area contributed by atoms with Gasteiger partial charge in [-0.05, 0) is 12.8 Å². The molecule has 0 aromatic rings. The molecule has 68 valence electrons. The number of nitriles is 1. The van der Waals surface area contributed by atoms with Crippen LogP contribution in [-0.4, -0.2) is 23.8 Å². The first-order valence-corrected chi connectivity index (χ1v) is 3.77. The first kappa shape index (κ1) is 10.7. The van der Waals surface area contributed by atoms with Gasteiger partial charge in [0, 0.05) is 19.0 Å². The van der Waals surface area contributed by atoms with Gasteiger partial charge in [-0.2, -0.15) is 5.26 Å². The van der Waals surface area contributed by atoms with Crippen molar-refractivity contribution in [3.05, 3.63) is 0 Å². The van der Waals surface area contributed by atoms with E-state index in [1.165, 1.54) is 0 Å². The Morgan fingerprint density at radius 1 is 1.75 bits per heavy atom. The largest absolute Gasteiger partial charge is 0.465 e. The molecule has 0 rings (SSSR count). The molecule has 0 saturated carbocycles. The van der Waals surface area contributed by atoms with Crippen LogP contribution in [0.15, 0.2) is 0 Å². The van der Waals surface area contributed by atoms with Gasteiger partial charge in [-0.25, -0.2) is 4.79 Å². The topological polar surface area (TPSA) is 99.1 Å². The minimum Gasteiger partial charge on any atom is -0.465 e. The first-order valence-electron chi connectivity index (χ1n) is 3.77. The van der Waals surface area contributed by atoms with Gasteiger partial charge in [0.1, 0.15) is 0 Å². The van der Waals surface area contributed by atoms with Crippen LogP contribution in [0.25, 0.3) is 0 Å². The molecule has 4 N–H and O–H groups in total. The van der Waals surface area contributed by atoms with E-state index in [0.29, 0.717) is 19.3 Å². The van der Waals surface area contributed by atoms with Crippen molar-refractivity contribution < 1.29 is 9.90 Å². The molecule has 0 aromatic heterocycles. The normalized spacial score (nSPS) is 11.7. The van der Waals surface area contributed by atoms with E-state index < -0.39 is 6.09 Å². The predicted octanol–water partition coefficient (Wildman–Crippen LogP) is 0.275. The first-order chi connectivity index (χ1) is 5.70. The third-order valence-electron chi connectivity index (χ3n) is 1.45. The molecule has 0 bridgehead atoms. The van der Waals surface area contributed by atoms with Gasteiger partial charge in [0.15, 0.2) is 0 Å². The molecular formula is C7H13N3O2. The van der Waals surface area contributed by atoms with E-state index in [2.05, 4.69) is 5.32 Å². The lowest BCUT2D eigenvalue weighted by Gasteiger charge is -2.12. The van der Waals surface area contributed by atoms with Crippen LogP contribution in [0.4, 0.5) is 4.79 Å². The Kier molecular flexibility index (Phi) is 5.75. The minimum atomic E-state index is -1.07. The van der Waals surface area contributed by atoms with E-state index in [9.17, 15) is 4.79 Å². The van der Waals surface area contributed by atoms with Crippen LogP contribution in [0.1, 0.15) is 19.3 Å². The van der Waals surface area contributed by atoms with Gasteiger partial charge in [0.25, 0.3) is 0 Å². The number of carboxylic acid groups (broad SMARTS) is 1. The lowest BCUT2D eigenvalue weighted by atomic mass is 10.1. The van der Waals surface area contributed by atoms with E-state index in [0.717, 1.165) is 0 Å². The van der Waals surface area contributed by atoms with Crippen LogP contribution in [0.2, 0.25) is 0 Å². The molecular weight excluding hydrogens is 158 g/mol. The maximum absolute atomic E-state index is 10.2. The maximum Gasteiger partial charge on any atom is 0.404 e. The maximum atomic E-state index is 10.2. The van der Waals surface area contributed by atoms with E-state index in [1.807, 2.05) is 6.07 Å². The summed E-state index contributed by atoms with van der Waals surface area (Å²) in [5.74, 6) is 0. The molecule has 5 heteroatoms. The number of hydrogen-bond donors (Lipinski definition) is 3. The number of nitrogens with two attached hydrogens (primary N) is 1. The molecule has 0 aliphatic rings. The Labute approximate surface area is 71.2 Å². The third-order valence-corrected chi connectivity index (χ3v) is 1.45. The van der Waals surface area contributed by atoms with Crippen LogP contribution in [0.5, 0.6) is 0 Å². The third kappa shape index (κ3) is 5.50. The molecule has 1 atom stereocenters. The molecule has 1 unspecified atom stereocenters. The number of amides is 1. The van der Waals surface area contributed by atoms with Crippen molar-refractivity contribution in [2.45, 2.75) is 25.3 Å². The van der Waals surface area contributed by atoms with E-state index in [1.54, 1.807) is 0 Å². The summed E-state index contributed by atoms with van der Waals surface area (Å²) in [7, 11) is 0. The Balaban J connectivity index is 3.54. The van der Waals surface area contributed by atoms with Gasteiger partial charge in [0.05, 0.1) is 6.07 Å². The minimum absolute atomic E-state index is 0.226. The standard InChI is InChI=1S/C7H13N3O2/c8-4-2-1-3-6(5-9)10-7(11)12/h6,10H,1-3,5,9H2,(H,11,12). The predicted molar refractivity (Wildman–Crippen MR) is 43.5 cm³/mol. The Bertz CT molecular complexity index is 176. The smallest absolute Gasteiger partial charge is 0.404 e. The second-order valence-electron chi connectivity index (χ2n) is 2.43. The molecule has 0 radical (unpaired) electrons. The highest BCUT2D eigenvalue weighted by atomic mass is 16.4. The van der Waals surface area contributed by atoms with Gasteiger partial charge in [-0.1, -0.05) is 0 Å². The molecule has 1 amide bonds. The van der Waals surface area contributed by atoms with Crippen molar-refractivity contribution in [2.75, 3.05) is 6.54 Å². The van der Waals surface area contributed by atoms with Crippen molar-refractivity contribution in [2.24, 2.45) is 5.73 Å². The average Bonchev–Trinajstić information content (AvgIpc) is 2.02. The number of unbranched alkanes of at least 4 members (excludes halogenated alkanes) is 1. The van der Waals surface area contributed by atoms with Gasteiger partial charge < -0.3 is 16.2 Å². The van der Waals surface area contributed by atoms with Crippen molar-refractivity contribution in [3.63, 3.8) is 0 Å². The summed E-state index contributed by atoms with van der Waals surface area (Å²) in [6, 6.07) is 1.76. The molecule has 5 nitrogen and oxygen atoms in total.